The highest BCUT2D eigenvalue weighted by Crippen LogP contribution is 2.30. The van der Waals surface area contributed by atoms with E-state index >= 15 is 0 Å². The summed E-state index contributed by atoms with van der Waals surface area (Å²) in [7, 11) is 2.16. The van der Waals surface area contributed by atoms with Crippen LogP contribution in [0, 0.1) is 11.8 Å². The molecule has 0 radical (unpaired) electrons. The fraction of sp³-hybridized carbons (Fsp3) is 0.952. The third-order valence-electron chi connectivity index (χ3n) is 5.89. The van der Waals surface area contributed by atoms with Crippen LogP contribution in [0.25, 0.3) is 0 Å². The molecule has 26 heavy (non-hydrogen) atoms. The van der Waals surface area contributed by atoms with Crippen molar-refractivity contribution in [1.82, 2.24) is 10.2 Å². The lowest BCUT2D eigenvalue weighted by molar-refractivity contribution is 0.0177. The van der Waals surface area contributed by atoms with Gasteiger partial charge in [0.15, 0.2) is 5.96 Å². The number of ether oxygens (including phenoxy) is 2. The molecule has 0 aromatic heterocycles. The van der Waals surface area contributed by atoms with Gasteiger partial charge in [0.25, 0.3) is 0 Å². The number of aliphatic imine (C=N–C) groups is 1. The first-order chi connectivity index (χ1) is 12.7. The van der Waals surface area contributed by atoms with Crippen LogP contribution in [0.1, 0.15) is 65.2 Å². The maximum absolute atomic E-state index is 6.04. The summed E-state index contributed by atoms with van der Waals surface area (Å²) in [5.74, 6) is 2.60. The summed E-state index contributed by atoms with van der Waals surface area (Å²) in [6.07, 6.45) is 10.5. The summed E-state index contributed by atoms with van der Waals surface area (Å²) in [4.78, 5) is 7.19. The number of rotatable bonds is 10. The second-order valence-electron chi connectivity index (χ2n) is 7.83. The number of hydrogen-bond acceptors (Lipinski definition) is 3. The topological polar surface area (TPSA) is 46.1 Å². The Kier molecular flexibility index (Phi) is 10.4. The summed E-state index contributed by atoms with van der Waals surface area (Å²) in [6.45, 7) is 9.76. The lowest BCUT2D eigenvalue weighted by Crippen LogP contribution is -2.40. The molecule has 152 valence electrons. The van der Waals surface area contributed by atoms with Crippen molar-refractivity contribution in [3.05, 3.63) is 0 Å². The minimum Gasteiger partial charge on any atom is -0.381 e. The molecule has 1 unspecified atom stereocenters. The summed E-state index contributed by atoms with van der Waals surface area (Å²) >= 11 is 0. The highest BCUT2D eigenvalue weighted by molar-refractivity contribution is 5.79. The smallest absolute Gasteiger partial charge is 0.193 e. The quantitative estimate of drug-likeness (QED) is 0.472. The Morgan fingerprint density at radius 3 is 2.58 bits per heavy atom. The Bertz CT molecular complexity index is 391. The van der Waals surface area contributed by atoms with E-state index in [0.29, 0.717) is 6.10 Å². The van der Waals surface area contributed by atoms with Crippen molar-refractivity contribution in [2.45, 2.75) is 71.3 Å². The van der Waals surface area contributed by atoms with E-state index in [4.69, 9.17) is 14.5 Å². The summed E-state index contributed by atoms with van der Waals surface area (Å²) < 4.78 is 11.5. The van der Waals surface area contributed by atoms with E-state index in [1.165, 1.54) is 44.9 Å². The largest absolute Gasteiger partial charge is 0.381 e. The average molecular weight is 368 g/mol. The fourth-order valence-corrected chi connectivity index (χ4v) is 4.28. The van der Waals surface area contributed by atoms with Crippen molar-refractivity contribution in [3.63, 3.8) is 0 Å². The lowest BCUT2D eigenvalue weighted by Gasteiger charge is -2.27. The summed E-state index contributed by atoms with van der Waals surface area (Å²) in [6, 6.07) is 0. The molecule has 1 aliphatic heterocycles. The molecule has 5 heteroatoms. The van der Waals surface area contributed by atoms with Gasteiger partial charge >= 0.3 is 0 Å². The van der Waals surface area contributed by atoms with E-state index in [1.807, 2.05) is 0 Å². The van der Waals surface area contributed by atoms with Crippen molar-refractivity contribution in [2.75, 3.05) is 46.5 Å². The molecule has 0 aromatic rings. The van der Waals surface area contributed by atoms with Gasteiger partial charge in [-0.25, -0.2) is 0 Å². The molecule has 0 amide bonds. The van der Waals surface area contributed by atoms with Gasteiger partial charge in [0.2, 0.25) is 0 Å². The second-order valence-corrected chi connectivity index (χ2v) is 7.83. The van der Waals surface area contributed by atoms with Crippen molar-refractivity contribution >= 4 is 5.96 Å². The molecule has 0 aromatic carbocycles. The minimum atomic E-state index is 0.390. The van der Waals surface area contributed by atoms with E-state index in [1.54, 1.807) is 0 Å². The maximum Gasteiger partial charge on any atom is 0.193 e. The SMILES string of the molecule is CCNC(=NCCC(OCC)C1CCCC1)N(C)CCC1CCOCC1. The van der Waals surface area contributed by atoms with Crippen LogP contribution in [0.5, 0.6) is 0 Å². The van der Waals surface area contributed by atoms with Crippen LogP contribution in [0.15, 0.2) is 4.99 Å². The van der Waals surface area contributed by atoms with Crippen LogP contribution in [-0.4, -0.2) is 63.5 Å². The summed E-state index contributed by atoms with van der Waals surface area (Å²) in [5.41, 5.74) is 0. The molecular weight excluding hydrogens is 326 g/mol. The van der Waals surface area contributed by atoms with Crippen LogP contribution in [-0.2, 0) is 9.47 Å². The van der Waals surface area contributed by atoms with Crippen molar-refractivity contribution < 1.29 is 9.47 Å². The van der Waals surface area contributed by atoms with Crippen LogP contribution < -0.4 is 5.32 Å². The number of guanidine groups is 1. The number of nitrogens with one attached hydrogen (secondary N) is 1. The van der Waals surface area contributed by atoms with Crippen molar-refractivity contribution in [2.24, 2.45) is 16.8 Å². The van der Waals surface area contributed by atoms with Crippen LogP contribution >= 0.6 is 0 Å². The zero-order valence-electron chi connectivity index (χ0n) is 17.3. The first kappa shape index (κ1) is 21.5. The molecule has 1 atom stereocenters. The first-order valence-electron chi connectivity index (χ1n) is 10.9. The molecule has 5 nitrogen and oxygen atoms in total. The van der Waals surface area contributed by atoms with Crippen LogP contribution in [0.2, 0.25) is 0 Å². The van der Waals surface area contributed by atoms with Crippen molar-refractivity contribution in [3.8, 4) is 0 Å². The van der Waals surface area contributed by atoms with Gasteiger partial charge in [-0.05, 0) is 64.2 Å². The predicted molar refractivity (Wildman–Crippen MR) is 109 cm³/mol. The number of hydrogen-bond donors (Lipinski definition) is 1. The van der Waals surface area contributed by atoms with Gasteiger partial charge in [0.05, 0.1) is 6.10 Å². The first-order valence-corrected chi connectivity index (χ1v) is 10.9. The monoisotopic (exact) mass is 367 g/mol. The third-order valence-corrected chi connectivity index (χ3v) is 5.89. The Morgan fingerprint density at radius 2 is 1.92 bits per heavy atom. The van der Waals surface area contributed by atoms with Gasteiger partial charge in [-0.1, -0.05) is 12.8 Å². The highest BCUT2D eigenvalue weighted by Gasteiger charge is 2.25. The molecule has 2 rings (SSSR count). The maximum atomic E-state index is 6.04. The van der Waals surface area contributed by atoms with Crippen LogP contribution in [0.4, 0.5) is 0 Å². The Balaban J connectivity index is 1.79. The average Bonchev–Trinajstić information content (AvgIpc) is 3.20. The molecule has 1 saturated heterocycles. The predicted octanol–water partition coefficient (Wildman–Crippen LogP) is 3.69. The standard InChI is InChI=1S/C21H41N3O2/c1-4-22-21(24(3)15-11-18-12-16-25-17-13-18)23-14-10-20(26-5-2)19-8-6-7-9-19/h18-20H,4-17H2,1-3H3,(H,22,23). The van der Waals surface area contributed by atoms with E-state index in [2.05, 4.69) is 31.1 Å². The zero-order chi connectivity index (χ0) is 18.6. The Labute approximate surface area is 160 Å². The summed E-state index contributed by atoms with van der Waals surface area (Å²) in [5, 5.41) is 3.46. The molecule has 0 bridgehead atoms. The zero-order valence-corrected chi connectivity index (χ0v) is 17.3. The third kappa shape index (κ3) is 7.43. The molecule has 1 aliphatic carbocycles. The van der Waals surface area contributed by atoms with E-state index in [0.717, 1.165) is 63.7 Å². The van der Waals surface area contributed by atoms with Gasteiger partial charge < -0.3 is 19.7 Å². The molecular formula is C21H41N3O2. The minimum absolute atomic E-state index is 0.390. The van der Waals surface area contributed by atoms with Crippen molar-refractivity contribution in [1.29, 1.82) is 0 Å². The fourth-order valence-electron chi connectivity index (χ4n) is 4.28. The Hall–Kier alpha value is -0.810. The van der Waals surface area contributed by atoms with Gasteiger partial charge in [0.1, 0.15) is 0 Å². The van der Waals surface area contributed by atoms with E-state index in [9.17, 15) is 0 Å². The molecule has 1 saturated carbocycles. The van der Waals surface area contributed by atoms with E-state index in [-0.39, 0.29) is 0 Å². The molecule has 2 fully saturated rings. The molecule has 1 heterocycles. The highest BCUT2D eigenvalue weighted by atomic mass is 16.5. The normalized spacial score (nSPS) is 21.1. The van der Waals surface area contributed by atoms with Gasteiger partial charge in [0, 0.05) is 46.5 Å². The van der Waals surface area contributed by atoms with Gasteiger partial charge in [-0.15, -0.1) is 0 Å². The molecule has 2 aliphatic rings. The van der Waals surface area contributed by atoms with Gasteiger partial charge in [-0.2, -0.15) is 0 Å². The molecule has 0 spiro atoms. The Morgan fingerprint density at radius 1 is 1.19 bits per heavy atom. The number of nitrogens with zero attached hydrogens (tertiary/aromatic N) is 2. The van der Waals surface area contributed by atoms with Gasteiger partial charge in [-0.3, -0.25) is 4.99 Å². The van der Waals surface area contributed by atoms with E-state index < -0.39 is 0 Å². The second kappa shape index (κ2) is 12.6. The van der Waals surface area contributed by atoms with Crippen LogP contribution in [0.3, 0.4) is 0 Å². The lowest BCUT2D eigenvalue weighted by atomic mass is 9.96. The molecule has 1 N–H and O–H groups in total.